The zero-order valence-electron chi connectivity index (χ0n) is 18.5. The molecular weight excluding hydrogens is 488 g/mol. The van der Waals surface area contributed by atoms with E-state index in [9.17, 15) is 27.2 Å². The number of hydrogen-bond acceptors (Lipinski definition) is 7. The van der Waals surface area contributed by atoms with Gasteiger partial charge in [0.25, 0.3) is 0 Å². The summed E-state index contributed by atoms with van der Waals surface area (Å²) >= 11 is 0. The van der Waals surface area contributed by atoms with Gasteiger partial charge in [-0.2, -0.15) is 0 Å². The van der Waals surface area contributed by atoms with Crippen molar-refractivity contribution in [2.24, 2.45) is 5.92 Å². The van der Waals surface area contributed by atoms with Gasteiger partial charge in [0, 0.05) is 5.69 Å². The van der Waals surface area contributed by atoms with Crippen molar-refractivity contribution in [3.05, 3.63) is 59.7 Å². The quantitative estimate of drug-likeness (QED) is 0.359. The molecule has 190 valence electrons. The smallest absolute Gasteiger partial charge is 0.481 e. The molecule has 0 radical (unpaired) electrons. The summed E-state index contributed by atoms with van der Waals surface area (Å²) in [7, 11) is 0. The number of ether oxygens (including phenoxy) is 1. The minimum Gasteiger partial charge on any atom is -0.481 e. The molecule has 1 saturated carbocycles. The van der Waals surface area contributed by atoms with Crippen molar-refractivity contribution in [3.8, 4) is 5.75 Å². The highest BCUT2D eigenvalue weighted by Gasteiger charge is 2.31. The molecule has 2 aromatic carbocycles. The van der Waals surface area contributed by atoms with Gasteiger partial charge in [0.15, 0.2) is 0 Å². The van der Waals surface area contributed by atoms with E-state index in [0.29, 0.717) is 31.4 Å². The summed E-state index contributed by atoms with van der Waals surface area (Å²) in [6.45, 7) is 0. The standard InChI is InChI=1S/C23H20F4N4O5/c24-17-11-14(12-1-3-13(4-2-12)21(33)34)5-10-18(17)29-19(32)20-30-31-22(35-20)28-15-6-8-16(9-7-15)36-23(25,26)27/h5-13H,1-4H2,(H,28,31)(H,29,32)(H,33,34)/t12-,13-. The number of anilines is 3. The Morgan fingerprint density at radius 1 is 1.03 bits per heavy atom. The van der Waals surface area contributed by atoms with Crippen LogP contribution in [0.2, 0.25) is 0 Å². The summed E-state index contributed by atoms with van der Waals surface area (Å²) in [5, 5.41) is 21.3. The Morgan fingerprint density at radius 2 is 1.72 bits per heavy atom. The Hall–Kier alpha value is -4.16. The highest BCUT2D eigenvalue weighted by Crippen LogP contribution is 2.37. The molecule has 9 nitrogen and oxygen atoms in total. The third kappa shape index (κ3) is 6.29. The molecular formula is C23H20F4N4O5. The number of alkyl halides is 3. The summed E-state index contributed by atoms with van der Waals surface area (Å²) in [6, 6.07) is 8.88. The third-order valence-corrected chi connectivity index (χ3v) is 5.75. The molecule has 1 aliphatic carbocycles. The lowest BCUT2D eigenvalue weighted by Crippen LogP contribution is -2.20. The van der Waals surface area contributed by atoms with Crippen LogP contribution in [0.4, 0.5) is 35.0 Å². The van der Waals surface area contributed by atoms with Gasteiger partial charge >= 0.3 is 30.1 Å². The van der Waals surface area contributed by atoms with Crippen LogP contribution in [0.5, 0.6) is 5.75 Å². The van der Waals surface area contributed by atoms with Crippen molar-refractivity contribution < 1.29 is 41.4 Å². The zero-order chi connectivity index (χ0) is 25.9. The molecule has 3 aromatic rings. The number of amides is 1. The molecule has 0 atom stereocenters. The van der Waals surface area contributed by atoms with E-state index in [1.165, 1.54) is 24.3 Å². The van der Waals surface area contributed by atoms with Gasteiger partial charge in [-0.1, -0.05) is 11.2 Å². The molecule has 13 heteroatoms. The van der Waals surface area contributed by atoms with Crippen LogP contribution in [-0.4, -0.2) is 33.5 Å². The van der Waals surface area contributed by atoms with Gasteiger partial charge in [0.1, 0.15) is 11.6 Å². The predicted octanol–water partition coefficient (Wildman–Crippen LogP) is 5.46. The van der Waals surface area contributed by atoms with E-state index in [0.717, 1.165) is 17.7 Å². The van der Waals surface area contributed by atoms with Crippen molar-refractivity contribution in [1.29, 1.82) is 0 Å². The Balaban J connectivity index is 1.34. The number of rotatable bonds is 7. The second-order valence-electron chi connectivity index (χ2n) is 8.19. The second kappa shape index (κ2) is 10.2. The Bertz CT molecular complexity index is 1240. The molecule has 1 aliphatic rings. The van der Waals surface area contributed by atoms with Crippen LogP contribution in [0.25, 0.3) is 0 Å². The summed E-state index contributed by atoms with van der Waals surface area (Å²) in [5.41, 5.74) is 0.917. The van der Waals surface area contributed by atoms with Crippen LogP contribution in [0.1, 0.15) is 47.8 Å². The van der Waals surface area contributed by atoms with Crippen molar-refractivity contribution in [1.82, 2.24) is 10.2 Å². The normalized spacial score (nSPS) is 17.9. The van der Waals surface area contributed by atoms with E-state index in [4.69, 9.17) is 9.52 Å². The summed E-state index contributed by atoms with van der Waals surface area (Å²) in [5.74, 6) is -3.56. The first-order valence-electron chi connectivity index (χ1n) is 10.9. The predicted molar refractivity (Wildman–Crippen MR) is 117 cm³/mol. The van der Waals surface area contributed by atoms with Gasteiger partial charge < -0.3 is 24.9 Å². The van der Waals surface area contributed by atoms with Gasteiger partial charge in [-0.25, -0.2) is 4.39 Å². The Kier molecular flexibility index (Phi) is 7.08. The fraction of sp³-hybridized carbons (Fsp3) is 0.304. The van der Waals surface area contributed by atoms with E-state index in [1.54, 1.807) is 6.07 Å². The Labute approximate surface area is 201 Å². The highest BCUT2D eigenvalue weighted by atomic mass is 19.4. The van der Waals surface area contributed by atoms with Crippen LogP contribution >= 0.6 is 0 Å². The first-order valence-corrected chi connectivity index (χ1v) is 10.9. The zero-order valence-corrected chi connectivity index (χ0v) is 18.5. The van der Waals surface area contributed by atoms with E-state index in [-0.39, 0.29) is 23.5 Å². The minimum absolute atomic E-state index is 0.0403. The maximum atomic E-state index is 14.6. The molecule has 4 rings (SSSR count). The molecule has 0 aliphatic heterocycles. The fourth-order valence-corrected chi connectivity index (χ4v) is 3.97. The van der Waals surface area contributed by atoms with E-state index in [1.807, 2.05) is 0 Å². The molecule has 36 heavy (non-hydrogen) atoms. The molecule has 1 amide bonds. The molecule has 1 heterocycles. The number of hydrogen-bond donors (Lipinski definition) is 3. The number of aromatic nitrogens is 2. The number of nitrogens with zero attached hydrogens (tertiary/aromatic N) is 2. The van der Waals surface area contributed by atoms with Crippen LogP contribution in [0.3, 0.4) is 0 Å². The van der Waals surface area contributed by atoms with Crippen LogP contribution in [-0.2, 0) is 4.79 Å². The van der Waals surface area contributed by atoms with Crippen molar-refractivity contribution >= 4 is 29.3 Å². The van der Waals surface area contributed by atoms with Gasteiger partial charge in [-0.3, -0.25) is 9.59 Å². The van der Waals surface area contributed by atoms with Gasteiger partial charge in [-0.05, 0) is 73.6 Å². The average molecular weight is 508 g/mol. The number of carboxylic acid groups (broad SMARTS) is 1. The number of aliphatic carboxylic acids is 1. The number of nitrogens with one attached hydrogen (secondary N) is 2. The van der Waals surface area contributed by atoms with Gasteiger partial charge in [0.05, 0.1) is 11.6 Å². The maximum Gasteiger partial charge on any atom is 0.573 e. The maximum absolute atomic E-state index is 14.6. The van der Waals surface area contributed by atoms with Crippen LogP contribution in [0.15, 0.2) is 46.9 Å². The van der Waals surface area contributed by atoms with Crippen LogP contribution in [0, 0.1) is 11.7 Å². The lowest BCUT2D eigenvalue weighted by atomic mass is 9.79. The average Bonchev–Trinajstić information content (AvgIpc) is 3.29. The third-order valence-electron chi connectivity index (χ3n) is 5.75. The number of benzene rings is 2. The second-order valence-corrected chi connectivity index (χ2v) is 8.19. The largest absolute Gasteiger partial charge is 0.573 e. The molecule has 0 unspecified atom stereocenters. The van der Waals surface area contributed by atoms with Gasteiger partial charge in [0.2, 0.25) is 0 Å². The van der Waals surface area contributed by atoms with E-state index in [2.05, 4.69) is 25.6 Å². The first-order chi connectivity index (χ1) is 17.1. The van der Waals surface area contributed by atoms with E-state index < -0.39 is 35.7 Å². The summed E-state index contributed by atoms with van der Waals surface area (Å²) in [6.07, 6.45) is -2.49. The fourth-order valence-electron chi connectivity index (χ4n) is 3.97. The number of carbonyl (C=O) groups is 2. The number of carbonyl (C=O) groups excluding carboxylic acids is 1. The molecule has 0 bridgehead atoms. The molecule has 0 saturated heterocycles. The molecule has 0 spiro atoms. The van der Waals surface area contributed by atoms with Crippen molar-refractivity contribution in [2.45, 2.75) is 38.0 Å². The molecule has 3 N–H and O–H groups in total. The topological polar surface area (TPSA) is 127 Å². The first kappa shape index (κ1) is 24.9. The number of halogens is 4. The van der Waals surface area contributed by atoms with Crippen LogP contribution < -0.4 is 15.4 Å². The monoisotopic (exact) mass is 508 g/mol. The summed E-state index contributed by atoms with van der Waals surface area (Å²) < 4.78 is 60.3. The van der Waals surface area contributed by atoms with Gasteiger partial charge in [-0.15, -0.1) is 18.3 Å². The SMILES string of the molecule is O=C(Nc1ccc([C@H]2CC[C@H](C(=O)O)CC2)cc1F)c1nnc(Nc2ccc(OC(F)(F)F)cc2)o1. The molecule has 1 fully saturated rings. The minimum atomic E-state index is -4.81. The van der Waals surface area contributed by atoms with Crippen molar-refractivity contribution in [3.63, 3.8) is 0 Å². The van der Waals surface area contributed by atoms with E-state index >= 15 is 0 Å². The number of carboxylic acids is 1. The Morgan fingerprint density at radius 3 is 2.33 bits per heavy atom. The highest BCUT2D eigenvalue weighted by molar-refractivity contribution is 6.01. The van der Waals surface area contributed by atoms with Crippen molar-refractivity contribution in [2.75, 3.05) is 10.6 Å². The summed E-state index contributed by atoms with van der Waals surface area (Å²) in [4.78, 5) is 23.5. The lowest BCUT2D eigenvalue weighted by molar-refractivity contribution is -0.274. The lowest BCUT2D eigenvalue weighted by Gasteiger charge is -2.26. The molecule has 1 aromatic heterocycles.